The quantitative estimate of drug-likeness (QED) is 0.820. The van der Waals surface area contributed by atoms with E-state index >= 15 is 0 Å². The van der Waals surface area contributed by atoms with E-state index in [1.54, 1.807) is 24.3 Å². The Morgan fingerprint density at radius 1 is 1.44 bits per heavy atom. The van der Waals surface area contributed by atoms with Gasteiger partial charge in [0.1, 0.15) is 17.7 Å². The largest absolute Gasteiger partial charge is 0.365 e. The lowest BCUT2D eigenvalue weighted by atomic mass is 10.3. The standard InChI is InChI=1S/C15H15F2N7O/c16-15(17)5-7-23(9-15)13-4-3-12-18-8-10(24(12)22-13)14(25)20-11-2-1-6-19-21-11/h1-4,6,8,12,18H,5,7,9H2,(H,20,21,25). The zero-order valence-corrected chi connectivity index (χ0v) is 13.1. The van der Waals surface area contributed by atoms with Gasteiger partial charge in [-0.25, -0.2) is 13.8 Å². The number of rotatable bonds is 2. The van der Waals surface area contributed by atoms with Crippen LogP contribution in [0.1, 0.15) is 6.42 Å². The summed E-state index contributed by atoms with van der Waals surface area (Å²) in [4.78, 5) is 14.0. The minimum Gasteiger partial charge on any atom is -0.365 e. The molecule has 4 rings (SSSR count). The molecule has 3 aliphatic heterocycles. The number of anilines is 1. The highest BCUT2D eigenvalue weighted by atomic mass is 19.3. The maximum absolute atomic E-state index is 13.4. The number of hydrogen-bond donors (Lipinski definition) is 2. The molecule has 1 unspecified atom stereocenters. The molecule has 0 aliphatic carbocycles. The first kappa shape index (κ1) is 15.5. The van der Waals surface area contributed by atoms with Crippen molar-refractivity contribution in [3.05, 3.63) is 42.4 Å². The van der Waals surface area contributed by atoms with E-state index < -0.39 is 11.8 Å². The Balaban J connectivity index is 1.50. The van der Waals surface area contributed by atoms with E-state index in [1.165, 1.54) is 22.3 Å². The highest BCUT2D eigenvalue weighted by molar-refractivity contribution is 6.03. The van der Waals surface area contributed by atoms with E-state index in [4.69, 9.17) is 0 Å². The number of amides is 1. The van der Waals surface area contributed by atoms with Gasteiger partial charge < -0.3 is 15.5 Å². The molecule has 4 heterocycles. The third-order valence-corrected chi connectivity index (χ3v) is 4.08. The van der Waals surface area contributed by atoms with Crippen LogP contribution in [0, 0.1) is 0 Å². The molecule has 1 saturated heterocycles. The van der Waals surface area contributed by atoms with Crippen LogP contribution in [0.25, 0.3) is 0 Å². The number of fused-ring (bicyclic) bond motifs is 1. The van der Waals surface area contributed by atoms with Gasteiger partial charge in [-0.15, -0.1) is 5.10 Å². The monoisotopic (exact) mass is 347 g/mol. The first-order valence-electron chi connectivity index (χ1n) is 7.76. The predicted molar refractivity (Wildman–Crippen MR) is 85.2 cm³/mol. The van der Waals surface area contributed by atoms with Crippen LogP contribution in [0.4, 0.5) is 14.6 Å². The van der Waals surface area contributed by atoms with Crippen LogP contribution in [0.5, 0.6) is 0 Å². The normalized spacial score (nSPS) is 23.7. The summed E-state index contributed by atoms with van der Waals surface area (Å²) >= 11 is 0. The molecule has 25 heavy (non-hydrogen) atoms. The number of hydrazone groups is 1. The van der Waals surface area contributed by atoms with Crippen LogP contribution in [-0.2, 0) is 4.79 Å². The van der Waals surface area contributed by atoms with Crippen LogP contribution in [0.2, 0.25) is 0 Å². The van der Waals surface area contributed by atoms with Crippen molar-refractivity contribution in [3.8, 4) is 0 Å². The van der Waals surface area contributed by atoms with Gasteiger partial charge in [-0.3, -0.25) is 4.79 Å². The summed E-state index contributed by atoms with van der Waals surface area (Å²) in [6, 6.07) is 3.27. The van der Waals surface area contributed by atoms with Crippen molar-refractivity contribution in [3.63, 3.8) is 0 Å². The molecule has 1 aromatic rings. The zero-order chi connectivity index (χ0) is 17.4. The van der Waals surface area contributed by atoms with Crippen molar-refractivity contribution >= 4 is 17.6 Å². The van der Waals surface area contributed by atoms with Crippen molar-refractivity contribution in [2.75, 3.05) is 18.4 Å². The van der Waals surface area contributed by atoms with Crippen LogP contribution >= 0.6 is 0 Å². The number of likely N-dealkylation sites (tertiary alicyclic amines) is 1. The van der Waals surface area contributed by atoms with Gasteiger partial charge in [0, 0.05) is 25.4 Å². The molecule has 1 atom stereocenters. The van der Waals surface area contributed by atoms with Crippen LogP contribution < -0.4 is 10.6 Å². The van der Waals surface area contributed by atoms with Gasteiger partial charge in [0.25, 0.3) is 11.8 Å². The molecule has 8 nitrogen and oxygen atoms in total. The second kappa shape index (κ2) is 5.80. The maximum Gasteiger partial charge on any atom is 0.276 e. The molecule has 130 valence electrons. The molecule has 0 bridgehead atoms. The summed E-state index contributed by atoms with van der Waals surface area (Å²) in [6.45, 7) is -0.139. The number of halogens is 2. The van der Waals surface area contributed by atoms with Crippen LogP contribution in [-0.4, -0.2) is 57.0 Å². The molecule has 0 spiro atoms. The number of aromatic nitrogens is 2. The maximum atomic E-state index is 13.4. The van der Waals surface area contributed by atoms with Crippen molar-refractivity contribution in [2.45, 2.75) is 18.5 Å². The van der Waals surface area contributed by atoms with E-state index in [1.807, 2.05) is 0 Å². The lowest BCUT2D eigenvalue weighted by Crippen LogP contribution is -2.41. The number of carbonyl (C=O) groups is 1. The molecule has 1 fully saturated rings. The highest BCUT2D eigenvalue weighted by Crippen LogP contribution is 2.29. The Morgan fingerprint density at radius 3 is 3.04 bits per heavy atom. The van der Waals surface area contributed by atoms with Gasteiger partial charge in [0.2, 0.25) is 0 Å². The minimum atomic E-state index is -2.71. The third kappa shape index (κ3) is 3.02. The topological polar surface area (TPSA) is 85.7 Å². The van der Waals surface area contributed by atoms with Crippen molar-refractivity contribution < 1.29 is 13.6 Å². The van der Waals surface area contributed by atoms with Gasteiger partial charge in [0.05, 0.1) is 6.54 Å². The van der Waals surface area contributed by atoms with E-state index in [2.05, 4.69) is 25.9 Å². The van der Waals surface area contributed by atoms with Crippen molar-refractivity contribution in [2.24, 2.45) is 5.10 Å². The molecule has 10 heteroatoms. The molecule has 0 saturated carbocycles. The zero-order valence-electron chi connectivity index (χ0n) is 13.1. The molecular formula is C15H15F2N7O. The number of alkyl halides is 2. The highest BCUT2D eigenvalue weighted by Gasteiger charge is 2.40. The Kier molecular flexibility index (Phi) is 3.59. The van der Waals surface area contributed by atoms with E-state index in [-0.39, 0.29) is 31.4 Å². The summed E-state index contributed by atoms with van der Waals surface area (Å²) in [5.41, 5.74) is 0.267. The van der Waals surface area contributed by atoms with Crippen molar-refractivity contribution in [1.82, 2.24) is 25.4 Å². The number of carbonyl (C=O) groups excluding carboxylic acids is 1. The number of hydrogen-bond acceptors (Lipinski definition) is 7. The van der Waals surface area contributed by atoms with Crippen LogP contribution in [0.3, 0.4) is 0 Å². The Hall–Kier alpha value is -3.04. The average molecular weight is 347 g/mol. The fourth-order valence-corrected chi connectivity index (χ4v) is 2.84. The van der Waals surface area contributed by atoms with Crippen LogP contribution in [0.15, 0.2) is 47.5 Å². The lowest BCUT2D eigenvalue weighted by molar-refractivity contribution is -0.114. The van der Waals surface area contributed by atoms with Gasteiger partial charge in [0.15, 0.2) is 5.82 Å². The molecule has 1 amide bonds. The smallest absolute Gasteiger partial charge is 0.276 e. The van der Waals surface area contributed by atoms with Gasteiger partial charge in [-0.1, -0.05) is 0 Å². The fraction of sp³-hybridized carbons (Fsp3) is 0.333. The van der Waals surface area contributed by atoms with Crippen molar-refractivity contribution in [1.29, 1.82) is 0 Å². The number of nitrogens with one attached hydrogen (secondary N) is 2. The summed E-state index contributed by atoms with van der Waals surface area (Å²) in [6.07, 6.45) is 5.97. The SMILES string of the molecule is O=C(Nc1cccnn1)C1=CNC2C=CC(N3CCC(F)(F)C3)=NN12. The predicted octanol–water partition coefficient (Wildman–Crippen LogP) is 0.712. The lowest BCUT2D eigenvalue weighted by Gasteiger charge is -2.28. The summed E-state index contributed by atoms with van der Waals surface area (Å²) in [5, 5.41) is 19.0. The van der Waals surface area contributed by atoms with E-state index in [0.29, 0.717) is 11.7 Å². The van der Waals surface area contributed by atoms with Gasteiger partial charge in [-0.05, 0) is 24.3 Å². The molecule has 2 N–H and O–H groups in total. The molecule has 0 aromatic carbocycles. The number of nitrogens with zero attached hydrogens (tertiary/aromatic N) is 5. The Morgan fingerprint density at radius 2 is 2.32 bits per heavy atom. The average Bonchev–Trinajstić information content (AvgIpc) is 3.18. The molecule has 1 aromatic heterocycles. The summed E-state index contributed by atoms with van der Waals surface area (Å²) in [7, 11) is 0. The first-order valence-corrected chi connectivity index (χ1v) is 7.76. The van der Waals surface area contributed by atoms with E-state index in [0.717, 1.165) is 0 Å². The second-order valence-electron chi connectivity index (χ2n) is 5.89. The van der Waals surface area contributed by atoms with Gasteiger partial charge in [-0.2, -0.15) is 10.2 Å². The molecule has 0 radical (unpaired) electrons. The van der Waals surface area contributed by atoms with Gasteiger partial charge >= 0.3 is 0 Å². The Bertz CT molecular complexity index is 777. The molecule has 3 aliphatic rings. The summed E-state index contributed by atoms with van der Waals surface area (Å²) in [5.74, 6) is -2.40. The molecular weight excluding hydrogens is 332 g/mol. The summed E-state index contributed by atoms with van der Waals surface area (Å²) < 4.78 is 26.9. The minimum absolute atomic E-state index is 0.197. The second-order valence-corrected chi connectivity index (χ2v) is 5.89. The number of amidine groups is 1. The Labute approximate surface area is 141 Å². The third-order valence-electron chi connectivity index (χ3n) is 4.08. The fourth-order valence-electron chi connectivity index (χ4n) is 2.84. The first-order chi connectivity index (χ1) is 12.0. The van der Waals surface area contributed by atoms with E-state index in [9.17, 15) is 13.6 Å².